The molecule has 0 spiro atoms. The smallest absolute Gasteiger partial charge is 0.338 e. The molecule has 114 valence electrons. The molecule has 0 aliphatic carbocycles. The van der Waals surface area contributed by atoms with Crippen LogP contribution < -0.4 is 0 Å². The third-order valence-electron chi connectivity index (χ3n) is 3.83. The Hall–Kier alpha value is -2.04. The van der Waals surface area contributed by atoms with Gasteiger partial charge >= 0.3 is 5.97 Å². The van der Waals surface area contributed by atoms with E-state index in [9.17, 15) is 14.7 Å². The van der Waals surface area contributed by atoms with E-state index in [1.54, 1.807) is 11.8 Å². The molecule has 0 saturated carbocycles. The van der Waals surface area contributed by atoms with E-state index >= 15 is 0 Å². The first kappa shape index (κ1) is 15.4. The van der Waals surface area contributed by atoms with Crippen LogP contribution in [-0.4, -0.2) is 41.1 Å². The lowest BCUT2D eigenvalue weighted by molar-refractivity contribution is -0.141. The zero-order valence-corrected chi connectivity index (χ0v) is 12.4. The number of nitrogens with zero attached hydrogens (tertiary/aromatic N) is 1. The number of likely N-dealkylation sites (tertiary alicyclic amines) is 1. The summed E-state index contributed by atoms with van der Waals surface area (Å²) >= 11 is 0. The van der Waals surface area contributed by atoms with Crippen LogP contribution in [0.2, 0.25) is 0 Å². The van der Waals surface area contributed by atoms with Crippen molar-refractivity contribution in [2.75, 3.05) is 13.1 Å². The number of phenols is 1. The van der Waals surface area contributed by atoms with E-state index in [1.165, 1.54) is 24.3 Å². The number of ether oxygens (including phenoxy) is 1. The van der Waals surface area contributed by atoms with Gasteiger partial charge in [0.15, 0.2) is 6.10 Å². The SMILES string of the molecule is CC1CCN(C(=O)C(C)OC(=O)c2ccc(O)cc2)CC1. The zero-order chi connectivity index (χ0) is 15.4. The largest absolute Gasteiger partial charge is 0.508 e. The van der Waals surface area contributed by atoms with Gasteiger partial charge < -0.3 is 14.7 Å². The molecule has 0 aromatic heterocycles. The van der Waals surface area contributed by atoms with Crippen LogP contribution in [0.15, 0.2) is 24.3 Å². The molecule has 1 unspecified atom stereocenters. The zero-order valence-electron chi connectivity index (χ0n) is 12.4. The maximum absolute atomic E-state index is 12.2. The van der Waals surface area contributed by atoms with Crippen LogP contribution in [0, 0.1) is 5.92 Å². The van der Waals surface area contributed by atoms with Gasteiger partial charge in [-0.15, -0.1) is 0 Å². The van der Waals surface area contributed by atoms with E-state index in [4.69, 9.17) is 4.74 Å². The molecule has 1 saturated heterocycles. The first-order valence-electron chi connectivity index (χ1n) is 7.26. The lowest BCUT2D eigenvalue weighted by atomic mass is 9.99. The number of piperidine rings is 1. The van der Waals surface area contributed by atoms with E-state index < -0.39 is 12.1 Å². The Bertz CT molecular complexity index is 504. The first-order valence-corrected chi connectivity index (χ1v) is 7.26. The summed E-state index contributed by atoms with van der Waals surface area (Å²) in [5.41, 5.74) is 0.319. The van der Waals surface area contributed by atoms with Crippen molar-refractivity contribution in [3.05, 3.63) is 29.8 Å². The van der Waals surface area contributed by atoms with Gasteiger partial charge in [-0.1, -0.05) is 6.92 Å². The highest BCUT2D eigenvalue weighted by molar-refractivity contribution is 5.92. The summed E-state index contributed by atoms with van der Waals surface area (Å²) in [6, 6.07) is 5.76. The second-order valence-electron chi connectivity index (χ2n) is 5.60. The topological polar surface area (TPSA) is 66.8 Å². The first-order chi connectivity index (χ1) is 9.97. The highest BCUT2D eigenvalue weighted by Crippen LogP contribution is 2.18. The predicted octanol–water partition coefficient (Wildman–Crippen LogP) is 2.20. The second kappa shape index (κ2) is 6.61. The number of esters is 1. The van der Waals surface area contributed by atoms with E-state index in [0.717, 1.165) is 25.9 Å². The van der Waals surface area contributed by atoms with Gasteiger partial charge in [-0.05, 0) is 49.9 Å². The Morgan fingerprint density at radius 3 is 2.38 bits per heavy atom. The fraction of sp³-hybridized carbons (Fsp3) is 0.500. The molecular formula is C16H21NO4. The molecule has 5 heteroatoms. The Labute approximate surface area is 124 Å². The summed E-state index contributed by atoms with van der Waals surface area (Å²) < 4.78 is 5.21. The quantitative estimate of drug-likeness (QED) is 0.867. The van der Waals surface area contributed by atoms with Crippen LogP contribution in [0.3, 0.4) is 0 Å². The van der Waals surface area contributed by atoms with E-state index in [-0.39, 0.29) is 11.7 Å². The summed E-state index contributed by atoms with van der Waals surface area (Å²) in [5, 5.41) is 9.19. The summed E-state index contributed by atoms with van der Waals surface area (Å²) in [6.07, 6.45) is 1.19. The van der Waals surface area contributed by atoms with E-state index in [2.05, 4.69) is 6.92 Å². The Morgan fingerprint density at radius 1 is 1.24 bits per heavy atom. The molecule has 1 N–H and O–H groups in total. The number of hydrogen-bond donors (Lipinski definition) is 1. The molecule has 1 amide bonds. The molecule has 5 nitrogen and oxygen atoms in total. The number of rotatable bonds is 3. The minimum atomic E-state index is -0.792. The van der Waals surface area contributed by atoms with E-state index in [1.807, 2.05) is 0 Å². The van der Waals surface area contributed by atoms with Crippen molar-refractivity contribution in [2.45, 2.75) is 32.8 Å². The molecule has 1 fully saturated rings. The second-order valence-corrected chi connectivity index (χ2v) is 5.60. The average Bonchev–Trinajstić information content (AvgIpc) is 2.47. The predicted molar refractivity (Wildman–Crippen MR) is 78.0 cm³/mol. The van der Waals surface area contributed by atoms with Gasteiger partial charge in [0, 0.05) is 13.1 Å². The summed E-state index contributed by atoms with van der Waals surface area (Å²) in [4.78, 5) is 25.9. The van der Waals surface area contributed by atoms with Crippen molar-refractivity contribution in [3.63, 3.8) is 0 Å². The molecule has 1 atom stereocenters. The van der Waals surface area contributed by atoms with Gasteiger partial charge in [0.1, 0.15) is 5.75 Å². The maximum atomic E-state index is 12.2. The molecular weight excluding hydrogens is 270 g/mol. The highest BCUT2D eigenvalue weighted by Gasteiger charge is 2.27. The van der Waals surface area contributed by atoms with Gasteiger partial charge in [0.2, 0.25) is 0 Å². The van der Waals surface area contributed by atoms with Crippen molar-refractivity contribution >= 4 is 11.9 Å². The highest BCUT2D eigenvalue weighted by atomic mass is 16.5. The summed E-state index contributed by atoms with van der Waals surface area (Å²) in [7, 11) is 0. The molecule has 0 radical (unpaired) electrons. The molecule has 1 aromatic carbocycles. The molecule has 0 bridgehead atoms. The monoisotopic (exact) mass is 291 g/mol. The van der Waals surface area contributed by atoms with Gasteiger partial charge in [-0.2, -0.15) is 0 Å². The Kier molecular flexibility index (Phi) is 4.83. The minimum Gasteiger partial charge on any atom is -0.508 e. The van der Waals surface area contributed by atoms with Gasteiger partial charge in [-0.3, -0.25) is 4.79 Å². The molecule has 1 aromatic rings. The van der Waals surface area contributed by atoms with Crippen LogP contribution in [-0.2, 0) is 9.53 Å². The van der Waals surface area contributed by atoms with Crippen molar-refractivity contribution < 1.29 is 19.4 Å². The lowest BCUT2D eigenvalue weighted by Gasteiger charge is -2.31. The summed E-state index contributed by atoms with van der Waals surface area (Å²) in [5.74, 6) is 0.0252. The molecule has 2 rings (SSSR count). The van der Waals surface area contributed by atoms with Gasteiger partial charge in [0.05, 0.1) is 5.56 Å². The van der Waals surface area contributed by atoms with Crippen molar-refractivity contribution in [2.24, 2.45) is 5.92 Å². The van der Waals surface area contributed by atoms with Crippen LogP contribution in [0.25, 0.3) is 0 Å². The number of hydrogen-bond acceptors (Lipinski definition) is 4. The molecule has 1 heterocycles. The van der Waals surface area contributed by atoms with Gasteiger partial charge in [-0.25, -0.2) is 4.79 Å². The van der Waals surface area contributed by atoms with Crippen LogP contribution in [0.5, 0.6) is 5.75 Å². The van der Waals surface area contributed by atoms with Crippen LogP contribution in [0.1, 0.15) is 37.0 Å². The number of carbonyl (C=O) groups excluding carboxylic acids is 2. The number of phenolic OH excluding ortho intramolecular Hbond substituents is 1. The molecule has 21 heavy (non-hydrogen) atoms. The maximum Gasteiger partial charge on any atom is 0.338 e. The molecule has 1 aliphatic rings. The normalized spacial score (nSPS) is 17.3. The third kappa shape index (κ3) is 3.97. The van der Waals surface area contributed by atoms with Crippen LogP contribution in [0.4, 0.5) is 0 Å². The standard InChI is InChI=1S/C16H21NO4/c1-11-7-9-17(10-8-11)15(19)12(2)21-16(20)13-3-5-14(18)6-4-13/h3-6,11-12,18H,7-10H2,1-2H3. The Morgan fingerprint density at radius 2 is 1.81 bits per heavy atom. The van der Waals surface area contributed by atoms with E-state index in [0.29, 0.717) is 11.5 Å². The van der Waals surface area contributed by atoms with Crippen molar-refractivity contribution in [3.8, 4) is 5.75 Å². The number of aromatic hydroxyl groups is 1. The minimum absolute atomic E-state index is 0.0816. The summed E-state index contributed by atoms with van der Waals surface area (Å²) in [6.45, 7) is 5.22. The molecule has 1 aliphatic heterocycles. The van der Waals surface area contributed by atoms with Crippen molar-refractivity contribution in [1.29, 1.82) is 0 Å². The van der Waals surface area contributed by atoms with Crippen LogP contribution >= 0.6 is 0 Å². The number of carbonyl (C=O) groups is 2. The number of benzene rings is 1. The van der Waals surface area contributed by atoms with Crippen molar-refractivity contribution in [1.82, 2.24) is 4.90 Å². The Balaban J connectivity index is 1.91. The third-order valence-corrected chi connectivity index (χ3v) is 3.83. The van der Waals surface area contributed by atoms with Gasteiger partial charge in [0.25, 0.3) is 5.91 Å². The fourth-order valence-electron chi connectivity index (χ4n) is 2.36. The fourth-order valence-corrected chi connectivity index (χ4v) is 2.36. The average molecular weight is 291 g/mol. The number of amides is 1. The lowest BCUT2D eigenvalue weighted by Crippen LogP contribution is -2.44.